The van der Waals surface area contributed by atoms with E-state index in [0.717, 1.165) is 18.0 Å². The zero-order chi connectivity index (χ0) is 17.2. The molecule has 6 saturated carbocycles. The highest BCUT2D eigenvalue weighted by atomic mass is 16.3. The van der Waals surface area contributed by atoms with Gasteiger partial charge in [-0.25, -0.2) is 0 Å². The lowest BCUT2D eigenvalue weighted by Gasteiger charge is -2.67. The van der Waals surface area contributed by atoms with Crippen LogP contribution in [-0.2, 0) is 0 Å². The van der Waals surface area contributed by atoms with Gasteiger partial charge in [0.25, 0.3) is 0 Å². The van der Waals surface area contributed by atoms with Crippen molar-refractivity contribution >= 4 is 0 Å². The van der Waals surface area contributed by atoms with Gasteiger partial charge in [-0.05, 0) is 78.6 Å². The van der Waals surface area contributed by atoms with Crippen LogP contribution in [0.1, 0.15) is 51.9 Å². The van der Waals surface area contributed by atoms with Gasteiger partial charge in [0.15, 0.2) is 0 Å². The molecule has 7 rings (SSSR count). The highest BCUT2D eigenvalue weighted by Crippen LogP contribution is 2.83. The van der Waals surface area contributed by atoms with E-state index < -0.39 is 0 Å². The molecule has 2 N–H and O–H groups in total. The number of piperidine rings is 1. The van der Waals surface area contributed by atoms with Crippen molar-refractivity contribution in [2.24, 2.45) is 39.9 Å². The number of nitrogens with zero attached hydrogens (tertiary/aromatic N) is 1. The predicted molar refractivity (Wildman–Crippen MR) is 96.8 cm³/mol. The summed E-state index contributed by atoms with van der Waals surface area (Å²) in [5, 5.41) is 21.1. The lowest BCUT2D eigenvalue weighted by Crippen LogP contribution is -2.65. The van der Waals surface area contributed by atoms with E-state index in [1.54, 1.807) is 0 Å². The molecule has 1 heterocycles. The number of fused-ring (bicyclic) bond motifs is 2. The molecule has 25 heavy (non-hydrogen) atoms. The van der Waals surface area contributed by atoms with Gasteiger partial charge in [0.2, 0.25) is 0 Å². The molecule has 1 saturated heterocycles. The number of hydrogen-bond acceptors (Lipinski definition) is 3. The quantitative estimate of drug-likeness (QED) is 0.758. The van der Waals surface area contributed by atoms with Crippen LogP contribution in [0.5, 0.6) is 0 Å². The molecule has 0 radical (unpaired) electrons. The maximum atomic E-state index is 11.4. The Hall–Kier alpha value is -0.380. The molecule has 5 unspecified atom stereocenters. The van der Waals surface area contributed by atoms with Gasteiger partial charge >= 0.3 is 0 Å². The fraction of sp³-hybridized carbons (Fsp3) is 0.909. The standard InChI is InChI=1S/C22H33NO2/c1-13-14-4-7-21(19(13)25)15-11-16-20(2)5-3-6-22(16,17(21)10-14)18(15)23(12-20)8-9-24/h14-19,24-25H,1,3-12H2,2H3/t14?,15?,16-,17-,18?,19-,20+,21?,22?/m1/s1. The number of aliphatic hydroxyl groups excluding tert-OH is 2. The summed E-state index contributed by atoms with van der Waals surface area (Å²) in [5.41, 5.74) is 2.13. The third kappa shape index (κ3) is 1.44. The lowest BCUT2D eigenvalue weighted by atomic mass is 9.40. The van der Waals surface area contributed by atoms with Crippen LogP contribution in [0.25, 0.3) is 0 Å². The average Bonchev–Trinajstić information content (AvgIpc) is 3.01. The normalized spacial score (nSPS) is 61.6. The molecule has 7 bridgehead atoms. The van der Waals surface area contributed by atoms with E-state index in [9.17, 15) is 10.2 Å². The van der Waals surface area contributed by atoms with Crippen LogP contribution in [-0.4, -0.2) is 47.0 Å². The Balaban J connectivity index is 1.55. The zero-order valence-electron chi connectivity index (χ0n) is 15.6. The van der Waals surface area contributed by atoms with Gasteiger partial charge in [0.1, 0.15) is 0 Å². The number of β-amino-alcohol motifs (C(OH)–C–C–N with tert-alkyl or cyclic N) is 1. The zero-order valence-corrected chi connectivity index (χ0v) is 15.6. The molecule has 0 aromatic carbocycles. The van der Waals surface area contributed by atoms with E-state index in [-0.39, 0.29) is 18.1 Å². The Morgan fingerprint density at radius 1 is 1.16 bits per heavy atom. The first-order valence-corrected chi connectivity index (χ1v) is 10.7. The Morgan fingerprint density at radius 2 is 2.00 bits per heavy atom. The highest BCUT2D eigenvalue weighted by Gasteiger charge is 2.82. The maximum absolute atomic E-state index is 11.4. The average molecular weight is 344 g/mol. The lowest BCUT2D eigenvalue weighted by molar-refractivity contribution is -0.187. The first-order valence-electron chi connectivity index (χ1n) is 10.7. The van der Waals surface area contributed by atoms with Crippen LogP contribution in [0.4, 0.5) is 0 Å². The van der Waals surface area contributed by atoms with E-state index in [4.69, 9.17) is 0 Å². The number of rotatable bonds is 2. The Labute approximate surface area is 151 Å². The van der Waals surface area contributed by atoms with Crippen LogP contribution in [0.3, 0.4) is 0 Å². The molecule has 9 atom stereocenters. The Morgan fingerprint density at radius 3 is 2.80 bits per heavy atom. The van der Waals surface area contributed by atoms with Crippen molar-refractivity contribution in [2.45, 2.75) is 64.0 Å². The fourth-order valence-electron chi connectivity index (χ4n) is 10.1. The molecular formula is C22H33NO2. The van der Waals surface area contributed by atoms with Crippen molar-refractivity contribution in [3.05, 3.63) is 12.2 Å². The number of likely N-dealkylation sites (tertiary alicyclic amines) is 1. The fourth-order valence-corrected chi connectivity index (χ4v) is 10.1. The topological polar surface area (TPSA) is 43.7 Å². The van der Waals surface area contributed by atoms with Crippen LogP contribution < -0.4 is 0 Å². The predicted octanol–water partition coefficient (Wildman–Crippen LogP) is 2.82. The monoisotopic (exact) mass is 343 g/mol. The Bertz CT molecular complexity index is 648. The smallest absolute Gasteiger partial charge is 0.0812 e. The van der Waals surface area contributed by atoms with E-state index in [2.05, 4.69) is 18.4 Å². The van der Waals surface area contributed by atoms with Crippen LogP contribution in [0, 0.1) is 39.9 Å². The van der Waals surface area contributed by atoms with E-state index in [0.29, 0.717) is 34.6 Å². The summed E-state index contributed by atoms with van der Waals surface area (Å²) in [7, 11) is 0. The second-order valence-electron chi connectivity index (χ2n) is 10.8. The van der Waals surface area contributed by atoms with Gasteiger partial charge in [0.05, 0.1) is 12.7 Å². The molecule has 0 amide bonds. The summed E-state index contributed by atoms with van der Waals surface area (Å²) in [4.78, 5) is 2.68. The van der Waals surface area contributed by atoms with Crippen LogP contribution in [0.2, 0.25) is 0 Å². The SMILES string of the molecule is C=C1C2CCC3(C4C[C@H]5C6(CCC[C@@]5(C)CN(CCO)C46)[C@@H]3C2)[C@@H]1O. The molecule has 3 nitrogen and oxygen atoms in total. The summed E-state index contributed by atoms with van der Waals surface area (Å²) < 4.78 is 0. The van der Waals surface area contributed by atoms with Crippen molar-refractivity contribution in [3.63, 3.8) is 0 Å². The van der Waals surface area contributed by atoms with Crippen molar-refractivity contribution in [1.29, 1.82) is 0 Å². The van der Waals surface area contributed by atoms with Gasteiger partial charge in [-0.15, -0.1) is 0 Å². The molecule has 1 aliphatic heterocycles. The molecular weight excluding hydrogens is 310 g/mol. The Kier molecular flexibility index (Phi) is 2.84. The maximum Gasteiger partial charge on any atom is 0.0812 e. The molecule has 0 aromatic heterocycles. The molecule has 0 aromatic rings. The van der Waals surface area contributed by atoms with Crippen LogP contribution in [0.15, 0.2) is 12.2 Å². The minimum absolute atomic E-state index is 0.114. The summed E-state index contributed by atoms with van der Waals surface area (Å²) in [6.45, 7) is 9.16. The number of aliphatic hydroxyl groups is 2. The highest BCUT2D eigenvalue weighted by molar-refractivity contribution is 5.36. The van der Waals surface area contributed by atoms with E-state index in [1.165, 1.54) is 51.5 Å². The largest absolute Gasteiger partial charge is 0.395 e. The summed E-state index contributed by atoms with van der Waals surface area (Å²) in [6.07, 6.45) is 8.94. The molecule has 3 heteroatoms. The molecule has 138 valence electrons. The second kappa shape index (κ2) is 4.54. The van der Waals surface area contributed by atoms with Crippen molar-refractivity contribution < 1.29 is 10.2 Å². The first kappa shape index (κ1) is 15.7. The van der Waals surface area contributed by atoms with E-state index in [1.807, 2.05) is 0 Å². The van der Waals surface area contributed by atoms with Gasteiger partial charge < -0.3 is 10.2 Å². The van der Waals surface area contributed by atoms with Crippen LogP contribution >= 0.6 is 0 Å². The summed E-state index contributed by atoms with van der Waals surface area (Å²) >= 11 is 0. The second-order valence-corrected chi connectivity index (χ2v) is 10.8. The minimum Gasteiger partial charge on any atom is -0.395 e. The minimum atomic E-state index is -0.264. The van der Waals surface area contributed by atoms with Crippen molar-refractivity contribution in [3.8, 4) is 0 Å². The molecule has 2 spiro atoms. The van der Waals surface area contributed by atoms with Gasteiger partial charge in [-0.3, -0.25) is 4.90 Å². The third-order valence-electron chi connectivity index (χ3n) is 10.4. The summed E-state index contributed by atoms with van der Waals surface area (Å²) in [5.74, 6) is 2.75. The third-order valence-corrected chi connectivity index (χ3v) is 10.4. The van der Waals surface area contributed by atoms with Gasteiger partial charge in [-0.1, -0.05) is 19.9 Å². The first-order chi connectivity index (χ1) is 12.0. The summed E-state index contributed by atoms with van der Waals surface area (Å²) in [6, 6.07) is 0.613. The molecule has 7 fully saturated rings. The van der Waals surface area contributed by atoms with Crippen molar-refractivity contribution in [1.82, 2.24) is 4.90 Å². The van der Waals surface area contributed by atoms with Gasteiger partial charge in [0, 0.05) is 24.5 Å². The molecule has 6 aliphatic carbocycles. The van der Waals surface area contributed by atoms with E-state index >= 15 is 0 Å². The van der Waals surface area contributed by atoms with Crippen molar-refractivity contribution in [2.75, 3.05) is 19.7 Å². The molecule has 7 aliphatic rings. The number of hydrogen-bond donors (Lipinski definition) is 2. The van der Waals surface area contributed by atoms with Gasteiger partial charge in [-0.2, -0.15) is 0 Å².